The number of aryl methyl sites for hydroxylation is 1. The summed E-state index contributed by atoms with van der Waals surface area (Å²) in [6, 6.07) is 2.79. The standard InChI is InChI=1S/C13H19NO/c1-8(2)11-7-10-4-3-9-5-6-14-12(9)13(10)15-11/h7-9,12,14H,3-6H2,1-2H3. The van der Waals surface area contributed by atoms with Crippen LogP contribution in [0.4, 0.5) is 0 Å². The maximum atomic E-state index is 6.02. The van der Waals surface area contributed by atoms with E-state index in [4.69, 9.17) is 4.42 Å². The van der Waals surface area contributed by atoms with Crippen LogP contribution < -0.4 is 5.32 Å². The highest BCUT2D eigenvalue weighted by molar-refractivity contribution is 5.29. The number of nitrogens with one attached hydrogen (secondary N) is 1. The molecule has 1 aromatic rings. The Morgan fingerprint density at radius 2 is 2.27 bits per heavy atom. The zero-order valence-electron chi connectivity index (χ0n) is 9.55. The maximum Gasteiger partial charge on any atom is 0.124 e. The van der Waals surface area contributed by atoms with Crippen molar-refractivity contribution in [3.05, 3.63) is 23.2 Å². The van der Waals surface area contributed by atoms with Crippen LogP contribution in [0.5, 0.6) is 0 Å². The van der Waals surface area contributed by atoms with Crippen LogP contribution in [0.3, 0.4) is 0 Å². The summed E-state index contributed by atoms with van der Waals surface area (Å²) in [5.74, 6) is 3.74. The van der Waals surface area contributed by atoms with E-state index in [0.717, 1.165) is 18.2 Å². The lowest BCUT2D eigenvalue weighted by atomic mass is 9.85. The molecular weight excluding hydrogens is 186 g/mol. The van der Waals surface area contributed by atoms with Crippen LogP contribution in [0.1, 0.15) is 55.7 Å². The van der Waals surface area contributed by atoms with E-state index in [1.165, 1.54) is 30.6 Å². The van der Waals surface area contributed by atoms with Crippen LogP contribution in [0.25, 0.3) is 0 Å². The predicted molar refractivity (Wildman–Crippen MR) is 60.0 cm³/mol. The molecule has 1 N–H and O–H groups in total. The third-order valence-electron chi connectivity index (χ3n) is 3.85. The van der Waals surface area contributed by atoms with E-state index in [2.05, 4.69) is 25.2 Å². The molecule has 2 unspecified atom stereocenters. The molecule has 1 aliphatic heterocycles. The zero-order valence-corrected chi connectivity index (χ0v) is 9.55. The average molecular weight is 205 g/mol. The van der Waals surface area contributed by atoms with Crippen molar-refractivity contribution in [2.75, 3.05) is 6.54 Å². The second-order valence-corrected chi connectivity index (χ2v) is 5.21. The Bertz CT molecular complexity index is 367. The minimum Gasteiger partial charge on any atom is -0.464 e. The highest BCUT2D eigenvalue weighted by Crippen LogP contribution is 2.41. The summed E-state index contributed by atoms with van der Waals surface area (Å²) in [6.07, 6.45) is 3.87. The number of furan rings is 1. The van der Waals surface area contributed by atoms with Gasteiger partial charge in [-0.1, -0.05) is 13.8 Å². The first-order valence-corrected chi connectivity index (χ1v) is 6.11. The summed E-state index contributed by atoms with van der Waals surface area (Å²) in [5, 5.41) is 3.57. The Morgan fingerprint density at radius 3 is 3.07 bits per heavy atom. The lowest BCUT2D eigenvalue weighted by molar-refractivity contribution is 0.323. The van der Waals surface area contributed by atoms with Gasteiger partial charge >= 0.3 is 0 Å². The number of hydrogen-bond acceptors (Lipinski definition) is 2. The third kappa shape index (κ3) is 1.43. The normalized spacial score (nSPS) is 29.3. The van der Waals surface area contributed by atoms with Crippen molar-refractivity contribution in [3.63, 3.8) is 0 Å². The van der Waals surface area contributed by atoms with E-state index >= 15 is 0 Å². The van der Waals surface area contributed by atoms with Gasteiger partial charge in [0, 0.05) is 5.92 Å². The van der Waals surface area contributed by atoms with Crippen molar-refractivity contribution in [1.29, 1.82) is 0 Å². The van der Waals surface area contributed by atoms with Crippen LogP contribution >= 0.6 is 0 Å². The van der Waals surface area contributed by atoms with Gasteiger partial charge < -0.3 is 9.73 Å². The molecule has 0 radical (unpaired) electrons. The maximum absolute atomic E-state index is 6.02. The Morgan fingerprint density at radius 1 is 1.40 bits per heavy atom. The van der Waals surface area contributed by atoms with Gasteiger partial charge in [0.05, 0.1) is 6.04 Å². The molecule has 2 heterocycles. The van der Waals surface area contributed by atoms with Gasteiger partial charge in [0.15, 0.2) is 0 Å². The van der Waals surface area contributed by atoms with Crippen molar-refractivity contribution in [2.45, 2.75) is 45.1 Å². The van der Waals surface area contributed by atoms with Crippen molar-refractivity contribution < 1.29 is 4.42 Å². The smallest absolute Gasteiger partial charge is 0.124 e. The second-order valence-electron chi connectivity index (χ2n) is 5.21. The average Bonchev–Trinajstić information content (AvgIpc) is 2.82. The van der Waals surface area contributed by atoms with Gasteiger partial charge in [0.25, 0.3) is 0 Å². The minimum atomic E-state index is 0.510. The molecule has 1 aliphatic carbocycles. The molecule has 0 amide bonds. The molecule has 0 aromatic carbocycles. The Hall–Kier alpha value is -0.760. The van der Waals surface area contributed by atoms with E-state index in [0.29, 0.717) is 12.0 Å². The van der Waals surface area contributed by atoms with Crippen LogP contribution in [0, 0.1) is 5.92 Å². The fraction of sp³-hybridized carbons (Fsp3) is 0.692. The summed E-state index contributed by atoms with van der Waals surface area (Å²) < 4.78 is 6.02. The summed E-state index contributed by atoms with van der Waals surface area (Å²) in [7, 11) is 0. The lowest BCUT2D eigenvalue weighted by Gasteiger charge is -2.23. The molecule has 0 spiro atoms. The molecule has 82 valence electrons. The van der Waals surface area contributed by atoms with Crippen LogP contribution in [-0.2, 0) is 6.42 Å². The van der Waals surface area contributed by atoms with E-state index in [1.807, 2.05) is 0 Å². The molecular formula is C13H19NO. The van der Waals surface area contributed by atoms with E-state index < -0.39 is 0 Å². The number of hydrogen-bond donors (Lipinski definition) is 1. The van der Waals surface area contributed by atoms with Crippen molar-refractivity contribution in [1.82, 2.24) is 5.32 Å². The van der Waals surface area contributed by atoms with Gasteiger partial charge in [-0.3, -0.25) is 0 Å². The first-order chi connectivity index (χ1) is 7.25. The topological polar surface area (TPSA) is 25.2 Å². The fourth-order valence-corrected chi connectivity index (χ4v) is 2.92. The first-order valence-electron chi connectivity index (χ1n) is 6.11. The SMILES string of the molecule is CC(C)c1cc2c(o1)C1NCCC1CC2. The highest BCUT2D eigenvalue weighted by atomic mass is 16.3. The Labute approximate surface area is 91.0 Å². The molecule has 15 heavy (non-hydrogen) atoms. The fourth-order valence-electron chi connectivity index (χ4n) is 2.92. The van der Waals surface area contributed by atoms with Crippen LogP contribution in [-0.4, -0.2) is 6.54 Å². The molecule has 0 bridgehead atoms. The molecule has 0 saturated carbocycles. The predicted octanol–water partition coefficient (Wildman–Crippen LogP) is 3.00. The van der Waals surface area contributed by atoms with Gasteiger partial charge in [-0.25, -0.2) is 0 Å². The second kappa shape index (κ2) is 3.38. The molecule has 2 heteroatoms. The molecule has 2 aliphatic rings. The largest absolute Gasteiger partial charge is 0.464 e. The first kappa shape index (κ1) is 9.46. The Balaban J connectivity index is 1.99. The molecule has 2 atom stereocenters. The van der Waals surface area contributed by atoms with Crippen LogP contribution in [0.15, 0.2) is 10.5 Å². The van der Waals surface area contributed by atoms with Crippen molar-refractivity contribution >= 4 is 0 Å². The van der Waals surface area contributed by atoms with Gasteiger partial charge in [-0.15, -0.1) is 0 Å². The van der Waals surface area contributed by atoms with E-state index in [1.54, 1.807) is 0 Å². The monoisotopic (exact) mass is 205 g/mol. The Kier molecular flexibility index (Phi) is 2.13. The quantitative estimate of drug-likeness (QED) is 0.762. The van der Waals surface area contributed by atoms with Crippen molar-refractivity contribution in [2.24, 2.45) is 5.92 Å². The third-order valence-corrected chi connectivity index (χ3v) is 3.85. The zero-order chi connectivity index (χ0) is 10.4. The molecule has 2 nitrogen and oxygen atoms in total. The van der Waals surface area contributed by atoms with Gasteiger partial charge in [-0.2, -0.15) is 0 Å². The highest BCUT2D eigenvalue weighted by Gasteiger charge is 2.36. The molecule has 1 fully saturated rings. The summed E-state index contributed by atoms with van der Waals surface area (Å²) in [5.41, 5.74) is 1.45. The van der Waals surface area contributed by atoms with Crippen molar-refractivity contribution in [3.8, 4) is 0 Å². The summed E-state index contributed by atoms with van der Waals surface area (Å²) in [6.45, 7) is 5.56. The van der Waals surface area contributed by atoms with Gasteiger partial charge in [0.2, 0.25) is 0 Å². The minimum absolute atomic E-state index is 0.510. The van der Waals surface area contributed by atoms with Crippen LogP contribution in [0.2, 0.25) is 0 Å². The molecule has 3 rings (SSSR count). The summed E-state index contributed by atoms with van der Waals surface area (Å²) >= 11 is 0. The number of rotatable bonds is 1. The van der Waals surface area contributed by atoms with Gasteiger partial charge in [0.1, 0.15) is 11.5 Å². The number of fused-ring (bicyclic) bond motifs is 3. The molecule has 1 aromatic heterocycles. The van der Waals surface area contributed by atoms with E-state index in [-0.39, 0.29) is 0 Å². The van der Waals surface area contributed by atoms with Gasteiger partial charge in [-0.05, 0) is 43.4 Å². The summed E-state index contributed by atoms with van der Waals surface area (Å²) in [4.78, 5) is 0. The van der Waals surface area contributed by atoms with E-state index in [9.17, 15) is 0 Å². The molecule has 1 saturated heterocycles. The lowest BCUT2D eigenvalue weighted by Crippen LogP contribution is -2.22.